The number of carbonyl (C=O) groups is 1. The van der Waals surface area contributed by atoms with Gasteiger partial charge in [-0.2, -0.15) is 0 Å². The smallest absolute Gasteiger partial charge is 0.349 e. The monoisotopic (exact) mass is 348 g/mol. The molecule has 0 spiro atoms. The molecule has 0 saturated carbocycles. The highest BCUT2D eigenvalue weighted by Crippen LogP contribution is 2.27. The van der Waals surface area contributed by atoms with Crippen LogP contribution in [0.25, 0.3) is 10.2 Å². The zero-order valence-electron chi connectivity index (χ0n) is 13.2. The van der Waals surface area contributed by atoms with Crippen molar-refractivity contribution >= 4 is 38.9 Å². The molecule has 3 aromatic heterocycles. The summed E-state index contributed by atoms with van der Waals surface area (Å²) in [7, 11) is 0. The standard InChI is InChI=1S/C16H16N2O3S2/c1-7-5-6-22-12(7)16(20)21-9(3)13-17-14(19)11-8(2)10(4)23-15(11)18-13/h5-6,9H,1-4H3,(H,17,18,19)/t9-/m1/s1. The number of esters is 1. The third-order valence-electron chi connectivity index (χ3n) is 3.77. The lowest BCUT2D eigenvalue weighted by molar-refractivity contribution is 0.0325. The Labute approximate surface area is 141 Å². The van der Waals surface area contributed by atoms with Crippen molar-refractivity contribution in [3.63, 3.8) is 0 Å². The lowest BCUT2D eigenvalue weighted by Gasteiger charge is -2.12. The normalized spacial score (nSPS) is 12.5. The maximum absolute atomic E-state index is 12.3. The number of nitrogens with zero attached hydrogens (tertiary/aromatic N) is 1. The Balaban J connectivity index is 1.92. The molecule has 5 nitrogen and oxygen atoms in total. The fraction of sp³-hybridized carbons (Fsp3) is 0.312. The molecular weight excluding hydrogens is 332 g/mol. The Hall–Kier alpha value is -1.99. The average Bonchev–Trinajstić information content (AvgIpc) is 3.03. The molecule has 0 aliphatic carbocycles. The van der Waals surface area contributed by atoms with Crippen LogP contribution in [0.1, 0.15) is 44.5 Å². The minimum Gasteiger partial charge on any atom is -0.450 e. The summed E-state index contributed by atoms with van der Waals surface area (Å²) in [5.41, 5.74) is 1.64. The van der Waals surface area contributed by atoms with E-state index in [2.05, 4.69) is 9.97 Å². The molecule has 23 heavy (non-hydrogen) atoms. The first-order valence-corrected chi connectivity index (χ1v) is 8.83. The van der Waals surface area contributed by atoms with Crippen LogP contribution in [0.15, 0.2) is 16.2 Å². The summed E-state index contributed by atoms with van der Waals surface area (Å²) in [6, 6.07) is 1.87. The summed E-state index contributed by atoms with van der Waals surface area (Å²) < 4.78 is 5.45. The first-order chi connectivity index (χ1) is 10.9. The molecule has 1 N–H and O–H groups in total. The molecule has 3 heterocycles. The highest BCUT2D eigenvalue weighted by atomic mass is 32.1. The van der Waals surface area contributed by atoms with Gasteiger partial charge in [0, 0.05) is 4.88 Å². The van der Waals surface area contributed by atoms with E-state index in [1.54, 1.807) is 6.92 Å². The molecule has 0 radical (unpaired) electrons. The van der Waals surface area contributed by atoms with E-state index in [9.17, 15) is 9.59 Å². The van der Waals surface area contributed by atoms with Gasteiger partial charge in [0.1, 0.15) is 9.71 Å². The van der Waals surface area contributed by atoms with Crippen LogP contribution in [0.3, 0.4) is 0 Å². The molecule has 0 unspecified atom stereocenters. The van der Waals surface area contributed by atoms with Gasteiger partial charge in [-0.15, -0.1) is 22.7 Å². The van der Waals surface area contributed by atoms with Gasteiger partial charge < -0.3 is 9.72 Å². The van der Waals surface area contributed by atoms with Crippen LogP contribution >= 0.6 is 22.7 Å². The van der Waals surface area contributed by atoms with E-state index in [0.717, 1.165) is 16.0 Å². The van der Waals surface area contributed by atoms with Gasteiger partial charge >= 0.3 is 5.97 Å². The van der Waals surface area contributed by atoms with Crippen molar-refractivity contribution in [2.24, 2.45) is 0 Å². The summed E-state index contributed by atoms with van der Waals surface area (Å²) in [6.07, 6.45) is -0.621. The maximum Gasteiger partial charge on any atom is 0.349 e. The van der Waals surface area contributed by atoms with Gasteiger partial charge in [-0.25, -0.2) is 9.78 Å². The number of nitrogens with one attached hydrogen (secondary N) is 1. The summed E-state index contributed by atoms with van der Waals surface area (Å²) in [5, 5.41) is 2.46. The van der Waals surface area contributed by atoms with E-state index in [1.807, 2.05) is 32.2 Å². The van der Waals surface area contributed by atoms with Crippen LogP contribution in [-0.4, -0.2) is 15.9 Å². The average molecular weight is 348 g/mol. The first kappa shape index (κ1) is 15.9. The van der Waals surface area contributed by atoms with Crippen LogP contribution in [0, 0.1) is 20.8 Å². The van der Waals surface area contributed by atoms with Crippen LogP contribution in [0.4, 0.5) is 0 Å². The lowest BCUT2D eigenvalue weighted by Crippen LogP contribution is -2.17. The molecule has 0 aliphatic rings. The van der Waals surface area contributed by atoms with Crippen molar-refractivity contribution in [3.8, 4) is 0 Å². The summed E-state index contributed by atoms with van der Waals surface area (Å²) in [4.78, 5) is 34.0. The van der Waals surface area contributed by atoms with Crippen molar-refractivity contribution in [3.05, 3.63) is 48.5 Å². The number of rotatable bonds is 3. The first-order valence-electron chi connectivity index (χ1n) is 7.13. The van der Waals surface area contributed by atoms with Crippen molar-refractivity contribution in [2.75, 3.05) is 0 Å². The van der Waals surface area contributed by atoms with Gasteiger partial charge in [-0.1, -0.05) is 0 Å². The van der Waals surface area contributed by atoms with Crippen molar-refractivity contribution in [1.29, 1.82) is 0 Å². The number of hydrogen-bond donors (Lipinski definition) is 1. The predicted octanol–water partition coefficient (Wildman–Crippen LogP) is 3.89. The summed E-state index contributed by atoms with van der Waals surface area (Å²) in [5.74, 6) is -0.0300. The number of aromatic amines is 1. The van der Waals surface area contributed by atoms with Gasteiger partial charge in [-0.05, 0) is 50.3 Å². The number of hydrogen-bond acceptors (Lipinski definition) is 6. The largest absolute Gasteiger partial charge is 0.450 e. The molecule has 0 bridgehead atoms. The van der Waals surface area contributed by atoms with Crippen LogP contribution in [0.5, 0.6) is 0 Å². The quantitative estimate of drug-likeness (QED) is 0.729. The van der Waals surface area contributed by atoms with E-state index < -0.39 is 12.1 Å². The SMILES string of the molecule is Cc1ccsc1C(=O)O[C@H](C)c1nc2sc(C)c(C)c2c(=O)[nH]1. The number of aromatic nitrogens is 2. The topological polar surface area (TPSA) is 72.0 Å². The summed E-state index contributed by atoms with van der Waals surface area (Å²) >= 11 is 2.82. The van der Waals surface area contributed by atoms with E-state index in [-0.39, 0.29) is 5.56 Å². The zero-order valence-corrected chi connectivity index (χ0v) is 14.9. The van der Waals surface area contributed by atoms with E-state index >= 15 is 0 Å². The predicted molar refractivity (Wildman–Crippen MR) is 92.6 cm³/mol. The number of aryl methyl sites for hydroxylation is 3. The Bertz CT molecular complexity index is 952. The second-order valence-electron chi connectivity index (χ2n) is 5.39. The highest BCUT2D eigenvalue weighted by molar-refractivity contribution is 7.18. The number of carbonyl (C=O) groups excluding carboxylic acids is 1. The molecule has 120 valence electrons. The Kier molecular flexibility index (Phi) is 4.08. The number of H-pyrrole nitrogens is 1. The number of thiophene rings is 2. The van der Waals surface area contributed by atoms with Crippen LogP contribution < -0.4 is 5.56 Å². The molecule has 7 heteroatoms. The molecule has 0 aliphatic heterocycles. The number of fused-ring (bicyclic) bond motifs is 1. The highest BCUT2D eigenvalue weighted by Gasteiger charge is 2.20. The second-order valence-corrected chi connectivity index (χ2v) is 7.51. The molecular formula is C16H16N2O3S2. The van der Waals surface area contributed by atoms with Crippen LogP contribution in [-0.2, 0) is 4.74 Å². The maximum atomic E-state index is 12.3. The van der Waals surface area contributed by atoms with E-state index in [1.165, 1.54) is 22.7 Å². The van der Waals surface area contributed by atoms with E-state index in [4.69, 9.17) is 4.74 Å². The summed E-state index contributed by atoms with van der Waals surface area (Å²) in [6.45, 7) is 7.44. The third-order valence-corrected chi connectivity index (χ3v) is 5.87. The molecule has 0 amide bonds. The van der Waals surface area contributed by atoms with Gasteiger partial charge in [0.25, 0.3) is 5.56 Å². The molecule has 1 atom stereocenters. The zero-order chi connectivity index (χ0) is 16.7. The van der Waals surface area contributed by atoms with Gasteiger partial charge in [0.05, 0.1) is 5.39 Å². The van der Waals surface area contributed by atoms with Crippen molar-refractivity contribution in [1.82, 2.24) is 9.97 Å². The minimum absolute atomic E-state index is 0.193. The molecule has 0 fully saturated rings. The fourth-order valence-electron chi connectivity index (χ4n) is 2.32. The van der Waals surface area contributed by atoms with Crippen LogP contribution in [0.2, 0.25) is 0 Å². The third kappa shape index (κ3) is 2.82. The second kappa shape index (κ2) is 5.90. The van der Waals surface area contributed by atoms with Gasteiger partial charge in [0.15, 0.2) is 11.9 Å². The molecule has 3 rings (SSSR count). The molecule has 0 aromatic carbocycles. The lowest BCUT2D eigenvalue weighted by atomic mass is 10.2. The molecule has 3 aromatic rings. The van der Waals surface area contributed by atoms with Crippen molar-refractivity contribution in [2.45, 2.75) is 33.8 Å². The minimum atomic E-state index is -0.621. The van der Waals surface area contributed by atoms with Gasteiger partial charge in [0.2, 0.25) is 0 Å². The van der Waals surface area contributed by atoms with Crippen molar-refractivity contribution < 1.29 is 9.53 Å². The molecule has 0 saturated heterocycles. The Morgan fingerprint density at radius 1 is 1.35 bits per heavy atom. The van der Waals surface area contributed by atoms with E-state index in [0.29, 0.717) is 20.9 Å². The van der Waals surface area contributed by atoms with Gasteiger partial charge in [-0.3, -0.25) is 4.79 Å². The Morgan fingerprint density at radius 2 is 2.09 bits per heavy atom. The fourth-order valence-corrected chi connectivity index (χ4v) is 4.16. The number of ether oxygens (including phenoxy) is 1. The Morgan fingerprint density at radius 3 is 2.74 bits per heavy atom.